The van der Waals surface area contributed by atoms with E-state index in [1.54, 1.807) is 0 Å². The molecule has 10 heavy (non-hydrogen) atoms. The number of hydrogen-bond acceptors (Lipinski definition) is 4. The minimum absolute atomic E-state index is 0.247. The summed E-state index contributed by atoms with van der Waals surface area (Å²) in [7, 11) is 0. The Hall–Kier alpha value is -0.160. The second-order valence-corrected chi connectivity index (χ2v) is 2.74. The Kier molecular flexibility index (Phi) is 2.62. The van der Waals surface area contributed by atoms with E-state index in [0.717, 1.165) is 5.06 Å². The Labute approximate surface area is 59.7 Å². The van der Waals surface area contributed by atoms with E-state index in [2.05, 4.69) is 0 Å². The Balaban J connectivity index is 2.38. The van der Waals surface area contributed by atoms with Crippen LogP contribution in [0.5, 0.6) is 0 Å². The van der Waals surface area contributed by atoms with E-state index >= 15 is 0 Å². The molecule has 0 saturated carbocycles. The zero-order valence-electron chi connectivity index (χ0n) is 5.77. The van der Waals surface area contributed by atoms with E-state index in [-0.39, 0.29) is 6.54 Å². The number of aliphatic hydroxyl groups is 2. The van der Waals surface area contributed by atoms with Crippen molar-refractivity contribution in [1.82, 2.24) is 5.06 Å². The van der Waals surface area contributed by atoms with Gasteiger partial charge in [-0.15, -0.1) is 0 Å². The standard InChI is InChI=1S/C6H13NO3/c8-5-1-2-7(10)4-6(9)3-5/h5-6,8-10H,1-4H2. The molecule has 1 saturated heterocycles. The van der Waals surface area contributed by atoms with Crippen LogP contribution < -0.4 is 0 Å². The summed E-state index contributed by atoms with van der Waals surface area (Å²) in [5.41, 5.74) is 0. The van der Waals surface area contributed by atoms with Crippen molar-refractivity contribution in [2.75, 3.05) is 13.1 Å². The van der Waals surface area contributed by atoms with Gasteiger partial charge in [-0.25, -0.2) is 0 Å². The van der Waals surface area contributed by atoms with E-state index in [0.29, 0.717) is 19.4 Å². The normalized spacial score (nSPS) is 37.5. The first-order valence-electron chi connectivity index (χ1n) is 3.48. The van der Waals surface area contributed by atoms with Crippen molar-refractivity contribution in [2.45, 2.75) is 25.0 Å². The van der Waals surface area contributed by atoms with Gasteiger partial charge in [0.25, 0.3) is 0 Å². The highest BCUT2D eigenvalue weighted by atomic mass is 16.5. The summed E-state index contributed by atoms with van der Waals surface area (Å²) in [6, 6.07) is 0. The summed E-state index contributed by atoms with van der Waals surface area (Å²) in [5, 5.41) is 28.1. The predicted molar refractivity (Wildman–Crippen MR) is 34.6 cm³/mol. The largest absolute Gasteiger partial charge is 0.393 e. The fourth-order valence-electron chi connectivity index (χ4n) is 1.14. The van der Waals surface area contributed by atoms with Crippen LogP contribution in [0.1, 0.15) is 12.8 Å². The van der Waals surface area contributed by atoms with Crippen molar-refractivity contribution in [3.8, 4) is 0 Å². The monoisotopic (exact) mass is 147 g/mol. The molecule has 60 valence electrons. The summed E-state index contributed by atoms with van der Waals surface area (Å²) in [6.07, 6.45) is -0.153. The third-order valence-electron chi connectivity index (χ3n) is 1.69. The molecule has 1 aliphatic heterocycles. The van der Waals surface area contributed by atoms with Gasteiger partial charge in [0.1, 0.15) is 0 Å². The van der Waals surface area contributed by atoms with E-state index < -0.39 is 12.2 Å². The SMILES string of the molecule is OC1CCN(O)CC(O)C1. The summed E-state index contributed by atoms with van der Waals surface area (Å²) in [6.45, 7) is 0.690. The van der Waals surface area contributed by atoms with Gasteiger partial charge in [-0.05, 0) is 6.42 Å². The van der Waals surface area contributed by atoms with E-state index in [9.17, 15) is 0 Å². The third kappa shape index (κ3) is 2.22. The summed E-state index contributed by atoms with van der Waals surface area (Å²) < 4.78 is 0. The molecule has 0 bridgehead atoms. The number of hydrogen-bond donors (Lipinski definition) is 3. The van der Waals surface area contributed by atoms with Gasteiger partial charge in [0.15, 0.2) is 0 Å². The van der Waals surface area contributed by atoms with Crippen molar-refractivity contribution in [3.63, 3.8) is 0 Å². The fourth-order valence-corrected chi connectivity index (χ4v) is 1.14. The zero-order valence-corrected chi connectivity index (χ0v) is 5.77. The van der Waals surface area contributed by atoms with Crippen LogP contribution in [0.4, 0.5) is 0 Å². The maximum absolute atomic E-state index is 9.08. The fraction of sp³-hybridized carbons (Fsp3) is 1.00. The molecule has 4 nitrogen and oxygen atoms in total. The predicted octanol–water partition coefficient (Wildman–Crippen LogP) is -0.807. The molecule has 0 aromatic carbocycles. The average molecular weight is 147 g/mol. The Morgan fingerprint density at radius 3 is 2.60 bits per heavy atom. The lowest BCUT2D eigenvalue weighted by Gasteiger charge is -2.12. The zero-order chi connectivity index (χ0) is 7.56. The molecule has 2 unspecified atom stereocenters. The van der Waals surface area contributed by atoms with E-state index in [1.807, 2.05) is 0 Å². The molecule has 0 aromatic rings. The van der Waals surface area contributed by atoms with Crippen molar-refractivity contribution < 1.29 is 15.4 Å². The summed E-state index contributed by atoms with van der Waals surface area (Å²) in [5.74, 6) is 0. The molecule has 2 atom stereocenters. The molecule has 4 heteroatoms. The number of nitrogens with zero attached hydrogens (tertiary/aromatic N) is 1. The second-order valence-electron chi connectivity index (χ2n) is 2.74. The van der Waals surface area contributed by atoms with Gasteiger partial charge in [0.05, 0.1) is 12.2 Å². The maximum Gasteiger partial charge on any atom is 0.0715 e. The second kappa shape index (κ2) is 3.30. The van der Waals surface area contributed by atoms with Crippen LogP contribution in [0.3, 0.4) is 0 Å². The van der Waals surface area contributed by atoms with Crippen LogP contribution in [-0.2, 0) is 0 Å². The Bertz CT molecular complexity index is 97.2. The van der Waals surface area contributed by atoms with Crippen LogP contribution in [0.15, 0.2) is 0 Å². The quantitative estimate of drug-likeness (QED) is 0.419. The molecule has 1 heterocycles. The third-order valence-corrected chi connectivity index (χ3v) is 1.69. The minimum Gasteiger partial charge on any atom is -0.393 e. The molecule has 3 N–H and O–H groups in total. The number of aliphatic hydroxyl groups excluding tert-OH is 2. The summed E-state index contributed by atoms with van der Waals surface area (Å²) in [4.78, 5) is 0. The van der Waals surface area contributed by atoms with Crippen LogP contribution in [0.2, 0.25) is 0 Å². The first-order valence-corrected chi connectivity index (χ1v) is 3.48. The minimum atomic E-state index is -0.595. The Morgan fingerprint density at radius 2 is 1.90 bits per heavy atom. The molecular weight excluding hydrogens is 134 g/mol. The lowest BCUT2D eigenvalue weighted by atomic mass is 10.1. The number of β-amino-alcohol motifs (C(OH)–C–C–N with tert-alkyl or cyclic N) is 1. The molecule has 0 aromatic heterocycles. The topological polar surface area (TPSA) is 63.9 Å². The highest BCUT2D eigenvalue weighted by Crippen LogP contribution is 2.09. The maximum atomic E-state index is 9.08. The van der Waals surface area contributed by atoms with Crippen molar-refractivity contribution in [3.05, 3.63) is 0 Å². The highest BCUT2D eigenvalue weighted by Gasteiger charge is 2.19. The average Bonchev–Trinajstić information content (AvgIpc) is 1.93. The highest BCUT2D eigenvalue weighted by molar-refractivity contribution is 4.70. The van der Waals surface area contributed by atoms with Crippen molar-refractivity contribution in [1.29, 1.82) is 0 Å². The van der Waals surface area contributed by atoms with Gasteiger partial charge in [0.2, 0.25) is 0 Å². The van der Waals surface area contributed by atoms with Crippen LogP contribution in [0, 0.1) is 0 Å². The number of hydroxylamine groups is 2. The van der Waals surface area contributed by atoms with Gasteiger partial charge in [-0.1, -0.05) is 0 Å². The lowest BCUT2D eigenvalue weighted by molar-refractivity contribution is -0.106. The molecule has 1 rings (SSSR count). The molecule has 0 aliphatic carbocycles. The lowest BCUT2D eigenvalue weighted by Crippen LogP contribution is -2.27. The molecule has 0 amide bonds. The molecular formula is C6H13NO3. The van der Waals surface area contributed by atoms with E-state index in [1.165, 1.54) is 0 Å². The van der Waals surface area contributed by atoms with Crippen LogP contribution in [-0.4, -0.2) is 45.8 Å². The van der Waals surface area contributed by atoms with E-state index in [4.69, 9.17) is 15.4 Å². The van der Waals surface area contributed by atoms with Crippen molar-refractivity contribution >= 4 is 0 Å². The summed E-state index contributed by atoms with van der Waals surface area (Å²) >= 11 is 0. The molecule has 0 spiro atoms. The smallest absolute Gasteiger partial charge is 0.0715 e. The molecule has 1 aliphatic rings. The van der Waals surface area contributed by atoms with Crippen molar-refractivity contribution in [2.24, 2.45) is 0 Å². The number of rotatable bonds is 0. The van der Waals surface area contributed by atoms with Crippen LogP contribution in [0.25, 0.3) is 0 Å². The first kappa shape index (κ1) is 7.94. The van der Waals surface area contributed by atoms with Gasteiger partial charge >= 0.3 is 0 Å². The van der Waals surface area contributed by atoms with Crippen LogP contribution >= 0.6 is 0 Å². The van der Waals surface area contributed by atoms with Gasteiger partial charge < -0.3 is 15.4 Å². The van der Waals surface area contributed by atoms with Gasteiger partial charge in [-0.2, -0.15) is 5.06 Å². The van der Waals surface area contributed by atoms with Gasteiger partial charge in [-0.3, -0.25) is 0 Å². The Morgan fingerprint density at radius 1 is 1.20 bits per heavy atom. The molecule has 1 fully saturated rings. The van der Waals surface area contributed by atoms with Gasteiger partial charge in [0, 0.05) is 19.5 Å². The first-order chi connectivity index (χ1) is 4.68. The molecule has 0 radical (unpaired) electrons.